The molecule has 1 unspecified atom stereocenters. The van der Waals surface area contributed by atoms with Crippen molar-refractivity contribution in [3.05, 3.63) is 40.1 Å². The van der Waals surface area contributed by atoms with E-state index in [-0.39, 0.29) is 34.5 Å². The number of ether oxygens (including phenoxy) is 1. The first kappa shape index (κ1) is 19.7. The van der Waals surface area contributed by atoms with E-state index in [1.54, 1.807) is 6.20 Å². The molecule has 0 saturated carbocycles. The van der Waals surface area contributed by atoms with Crippen molar-refractivity contribution >= 4 is 43.5 Å². The van der Waals surface area contributed by atoms with Crippen LogP contribution in [0.4, 0.5) is 14.5 Å². The van der Waals surface area contributed by atoms with Gasteiger partial charge in [0.2, 0.25) is 11.0 Å². The van der Waals surface area contributed by atoms with E-state index in [4.69, 9.17) is 9.57 Å². The number of imidazole rings is 1. The Hall–Kier alpha value is -2.27. The van der Waals surface area contributed by atoms with Gasteiger partial charge in [-0.3, -0.25) is 9.19 Å². The van der Waals surface area contributed by atoms with Gasteiger partial charge in [-0.1, -0.05) is 0 Å². The van der Waals surface area contributed by atoms with Gasteiger partial charge in [0.15, 0.2) is 11.6 Å². The van der Waals surface area contributed by atoms with Crippen molar-refractivity contribution in [1.29, 1.82) is 0 Å². The fourth-order valence-electron chi connectivity index (χ4n) is 3.73. The van der Waals surface area contributed by atoms with Gasteiger partial charge in [0, 0.05) is 25.4 Å². The lowest BCUT2D eigenvalue weighted by Crippen LogP contribution is -2.29. The highest BCUT2D eigenvalue weighted by Crippen LogP contribution is 2.32. The van der Waals surface area contributed by atoms with Crippen LogP contribution in [-0.4, -0.2) is 38.8 Å². The molecule has 0 aliphatic carbocycles. The van der Waals surface area contributed by atoms with Gasteiger partial charge in [0.05, 0.1) is 32.4 Å². The van der Waals surface area contributed by atoms with Gasteiger partial charge in [-0.05, 0) is 41.3 Å². The first-order valence-corrected chi connectivity index (χ1v) is 11.6. The Balaban J connectivity index is 1.48. The second-order valence-corrected chi connectivity index (χ2v) is 9.31. The first-order valence-electron chi connectivity index (χ1n) is 9.47. The number of pyridine rings is 1. The summed E-state index contributed by atoms with van der Waals surface area (Å²) in [6, 6.07) is 3.20. The number of rotatable bonds is 4. The Labute approximate surface area is 181 Å². The minimum absolute atomic E-state index is 0.0183. The molecule has 0 spiro atoms. The summed E-state index contributed by atoms with van der Waals surface area (Å²) in [5.74, 6) is -2.51. The molecule has 2 aliphatic rings. The number of hydrogen-bond acceptors (Lipinski definition) is 6. The Morgan fingerprint density at radius 1 is 1.17 bits per heavy atom. The van der Waals surface area contributed by atoms with Crippen LogP contribution in [-0.2, 0) is 16.6 Å². The van der Waals surface area contributed by atoms with Crippen molar-refractivity contribution < 1.29 is 22.6 Å². The number of hydrogen-bond donors (Lipinski definition) is 0. The standard InChI is InChI=1S/C19H17BrF2N4O3S/c20-12-8-23-11(6-13(12)25-4-2-1-3-5-25)9-30(27)19-24-18-14-7-15(16(21)17(18)22)28-10-29-26(14)19/h6-8H,1-5,9-10H2. The van der Waals surface area contributed by atoms with Gasteiger partial charge < -0.3 is 14.5 Å². The van der Waals surface area contributed by atoms with Crippen molar-refractivity contribution in [2.24, 2.45) is 0 Å². The summed E-state index contributed by atoms with van der Waals surface area (Å²) >= 11 is 3.55. The summed E-state index contributed by atoms with van der Waals surface area (Å²) in [4.78, 5) is 16.1. The van der Waals surface area contributed by atoms with E-state index in [1.807, 2.05) is 6.07 Å². The summed E-state index contributed by atoms with van der Waals surface area (Å²) in [6.45, 7) is 1.57. The number of anilines is 1. The van der Waals surface area contributed by atoms with Crippen LogP contribution in [0.1, 0.15) is 25.0 Å². The number of aromatic nitrogens is 3. The van der Waals surface area contributed by atoms with Crippen LogP contribution in [0.15, 0.2) is 28.0 Å². The lowest BCUT2D eigenvalue weighted by molar-refractivity contribution is 0.000143. The third-order valence-corrected chi connectivity index (χ3v) is 7.03. The van der Waals surface area contributed by atoms with Gasteiger partial charge >= 0.3 is 0 Å². The predicted molar refractivity (Wildman–Crippen MR) is 110 cm³/mol. The largest absolute Gasteiger partial charge is 0.452 e. The van der Waals surface area contributed by atoms with E-state index in [0.29, 0.717) is 5.69 Å². The van der Waals surface area contributed by atoms with Crippen molar-refractivity contribution in [3.8, 4) is 5.75 Å². The van der Waals surface area contributed by atoms with E-state index in [2.05, 4.69) is 30.8 Å². The molecule has 1 fully saturated rings. The number of piperidine rings is 1. The van der Waals surface area contributed by atoms with Crippen LogP contribution >= 0.6 is 15.9 Å². The molecule has 158 valence electrons. The molecule has 0 radical (unpaired) electrons. The molecule has 2 aliphatic heterocycles. The Morgan fingerprint density at radius 3 is 2.77 bits per heavy atom. The minimum atomic E-state index is -1.71. The van der Waals surface area contributed by atoms with E-state index < -0.39 is 22.4 Å². The summed E-state index contributed by atoms with van der Waals surface area (Å²) in [5, 5.41) is -0.0183. The number of fused-ring (bicyclic) bond motifs is 1. The van der Waals surface area contributed by atoms with Crippen LogP contribution in [0.25, 0.3) is 11.0 Å². The molecule has 3 aromatic rings. The molecule has 1 aromatic carbocycles. The van der Waals surface area contributed by atoms with Crippen molar-refractivity contribution in [3.63, 3.8) is 0 Å². The molecule has 2 aromatic heterocycles. The maximum absolute atomic E-state index is 14.4. The van der Waals surface area contributed by atoms with E-state index in [9.17, 15) is 13.0 Å². The smallest absolute Gasteiger partial charge is 0.253 e. The van der Waals surface area contributed by atoms with E-state index in [0.717, 1.165) is 40.8 Å². The predicted octanol–water partition coefficient (Wildman–Crippen LogP) is 3.55. The normalized spacial score (nSPS) is 17.0. The first-order chi connectivity index (χ1) is 14.5. The highest BCUT2D eigenvalue weighted by atomic mass is 79.9. The molecule has 0 amide bonds. The third-order valence-electron chi connectivity index (χ3n) is 5.19. The monoisotopic (exact) mass is 498 g/mol. The molecule has 5 rings (SSSR count). The maximum Gasteiger partial charge on any atom is 0.253 e. The molecule has 2 bridgehead atoms. The number of benzene rings is 1. The zero-order valence-electron chi connectivity index (χ0n) is 15.7. The highest BCUT2D eigenvalue weighted by molar-refractivity contribution is 9.10. The van der Waals surface area contributed by atoms with E-state index in [1.165, 1.54) is 12.5 Å². The fourth-order valence-corrected chi connectivity index (χ4v) is 5.28. The van der Waals surface area contributed by atoms with Gasteiger partial charge in [-0.2, -0.15) is 4.39 Å². The summed E-state index contributed by atoms with van der Waals surface area (Å²) in [6.07, 6.45) is 5.17. The van der Waals surface area contributed by atoms with Crippen molar-refractivity contribution in [2.75, 3.05) is 24.8 Å². The second kappa shape index (κ2) is 7.77. The van der Waals surface area contributed by atoms with Crippen molar-refractivity contribution in [2.45, 2.75) is 30.2 Å². The zero-order chi connectivity index (χ0) is 20.8. The lowest BCUT2D eigenvalue weighted by Gasteiger charge is -2.29. The molecule has 0 N–H and O–H groups in total. The molecule has 11 heteroatoms. The third kappa shape index (κ3) is 3.33. The SMILES string of the molecule is O=S(Cc1cc(N2CCCCC2)c(Br)cn1)c1nc2c(F)c(F)c3cc2n1OCO3. The Bertz CT molecular complexity index is 1170. The summed E-state index contributed by atoms with van der Waals surface area (Å²) in [7, 11) is -1.71. The Morgan fingerprint density at radius 2 is 1.97 bits per heavy atom. The molecule has 7 nitrogen and oxygen atoms in total. The molecule has 1 saturated heterocycles. The molecule has 1 atom stereocenters. The molecule has 30 heavy (non-hydrogen) atoms. The lowest BCUT2D eigenvalue weighted by atomic mass is 10.1. The molecular weight excluding hydrogens is 482 g/mol. The quantitative estimate of drug-likeness (QED) is 0.547. The maximum atomic E-state index is 14.4. The topological polar surface area (TPSA) is 69.5 Å². The number of halogens is 3. The Kier molecular flexibility index (Phi) is 5.10. The number of nitrogens with zero attached hydrogens (tertiary/aromatic N) is 4. The van der Waals surface area contributed by atoms with Gasteiger partial charge in [0.1, 0.15) is 11.0 Å². The molecule has 4 heterocycles. The van der Waals surface area contributed by atoms with Crippen molar-refractivity contribution in [1.82, 2.24) is 14.7 Å². The average Bonchev–Trinajstić information content (AvgIpc) is 3.00. The van der Waals surface area contributed by atoms with Crippen LogP contribution in [0.3, 0.4) is 0 Å². The summed E-state index contributed by atoms with van der Waals surface area (Å²) < 4.78 is 48.6. The fraction of sp³-hybridized carbons (Fsp3) is 0.368. The highest BCUT2D eigenvalue weighted by Gasteiger charge is 2.27. The zero-order valence-corrected chi connectivity index (χ0v) is 18.1. The van der Waals surface area contributed by atoms with Crippen LogP contribution < -0.4 is 14.5 Å². The second-order valence-electron chi connectivity index (χ2n) is 7.12. The van der Waals surface area contributed by atoms with E-state index >= 15 is 0 Å². The molecular formula is C19H17BrF2N4O3S. The average molecular weight is 499 g/mol. The van der Waals surface area contributed by atoms with Crippen LogP contribution in [0.5, 0.6) is 5.75 Å². The van der Waals surface area contributed by atoms with Crippen LogP contribution in [0.2, 0.25) is 0 Å². The van der Waals surface area contributed by atoms with Gasteiger partial charge in [-0.15, -0.1) is 4.73 Å². The summed E-state index contributed by atoms with van der Waals surface area (Å²) in [5.41, 5.74) is 1.53. The minimum Gasteiger partial charge on any atom is -0.452 e. The van der Waals surface area contributed by atoms with Gasteiger partial charge in [0.25, 0.3) is 6.79 Å². The van der Waals surface area contributed by atoms with Crippen LogP contribution in [0, 0.1) is 11.6 Å². The van der Waals surface area contributed by atoms with Gasteiger partial charge in [-0.25, -0.2) is 9.37 Å².